The van der Waals surface area contributed by atoms with Gasteiger partial charge in [-0.1, -0.05) is 35.9 Å². The number of hydrogen-bond acceptors (Lipinski definition) is 6. The fraction of sp³-hybridized carbons (Fsp3) is 0.391. The fourth-order valence-electron chi connectivity index (χ4n) is 3.68. The van der Waals surface area contributed by atoms with Crippen molar-refractivity contribution in [2.75, 3.05) is 26.2 Å². The molecular weight excluding hydrogens is 392 g/mol. The second-order valence-corrected chi connectivity index (χ2v) is 7.78. The van der Waals surface area contributed by atoms with Gasteiger partial charge in [0.2, 0.25) is 0 Å². The lowest BCUT2D eigenvalue weighted by atomic mass is 10.1. The molecule has 1 aliphatic rings. The van der Waals surface area contributed by atoms with Crippen LogP contribution < -0.4 is 4.74 Å². The molecule has 4 rings (SSSR count). The third kappa shape index (κ3) is 5.27. The van der Waals surface area contributed by atoms with Gasteiger partial charge in [0.15, 0.2) is 5.82 Å². The van der Waals surface area contributed by atoms with Crippen molar-refractivity contribution in [2.24, 2.45) is 0 Å². The average Bonchev–Trinajstić information content (AvgIpc) is 3.27. The highest BCUT2D eigenvalue weighted by atomic mass is 16.5. The molecule has 1 aromatic heterocycles. The number of ether oxygens (including phenoxy) is 1. The van der Waals surface area contributed by atoms with Gasteiger partial charge in [0.1, 0.15) is 12.4 Å². The molecule has 8 nitrogen and oxygen atoms in total. The Labute approximate surface area is 182 Å². The van der Waals surface area contributed by atoms with Gasteiger partial charge in [-0.3, -0.25) is 9.69 Å². The molecule has 3 aromatic rings. The summed E-state index contributed by atoms with van der Waals surface area (Å²) >= 11 is 0. The van der Waals surface area contributed by atoms with Crippen molar-refractivity contribution in [1.29, 1.82) is 0 Å². The topological polar surface area (TPSA) is 76.4 Å². The maximum Gasteiger partial charge on any atom is 0.254 e. The van der Waals surface area contributed by atoms with Crippen molar-refractivity contribution in [1.82, 2.24) is 30.0 Å². The van der Waals surface area contributed by atoms with Gasteiger partial charge in [-0.25, -0.2) is 4.68 Å². The lowest BCUT2D eigenvalue weighted by Gasteiger charge is -2.34. The molecule has 0 aliphatic carbocycles. The average molecular weight is 421 g/mol. The highest BCUT2D eigenvalue weighted by Crippen LogP contribution is 2.18. The standard InChI is InChI=1S/C23H28N6O2/c1-3-29-22(24-25-26-29)17-31-21-6-4-5-20(15-21)23(30)28-13-11-27(12-14-28)16-19-9-7-18(2)8-10-19/h4-10,15H,3,11-14,16-17H2,1-2H3. The van der Waals surface area contributed by atoms with Crippen LogP contribution in [0.1, 0.15) is 34.2 Å². The largest absolute Gasteiger partial charge is 0.486 e. The van der Waals surface area contributed by atoms with Gasteiger partial charge in [-0.05, 0) is 48.0 Å². The van der Waals surface area contributed by atoms with E-state index in [1.54, 1.807) is 10.7 Å². The molecule has 0 saturated carbocycles. The molecule has 162 valence electrons. The molecule has 1 amide bonds. The number of carbonyl (C=O) groups is 1. The van der Waals surface area contributed by atoms with Gasteiger partial charge in [-0.15, -0.1) is 5.10 Å². The molecule has 0 unspecified atom stereocenters. The molecule has 2 heterocycles. The van der Waals surface area contributed by atoms with Crippen LogP contribution in [0.15, 0.2) is 48.5 Å². The van der Waals surface area contributed by atoms with Crippen molar-refractivity contribution in [3.8, 4) is 5.75 Å². The molecule has 1 aliphatic heterocycles. The number of benzene rings is 2. The minimum Gasteiger partial charge on any atom is -0.486 e. The van der Waals surface area contributed by atoms with E-state index in [0.717, 1.165) is 32.7 Å². The Morgan fingerprint density at radius 2 is 1.84 bits per heavy atom. The molecule has 31 heavy (non-hydrogen) atoms. The number of carbonyl (C=O) groups excluding carboxylic acids is 1. The number of aromatic nitrogens is 4. The van der Waals surface area contributed by atoms with E-state index in [9.17, 15) is 4.79 Å². The van der Waals surface area contributed by atoms with E-state index in [0.29, 0.717) is 23.7 Å². The number of tetrazole rings is 1. The predicted octanol–water partition coefficient (Wildman–Crippen LogP) is 2.54. The zero-order valence-electron chi connectivity index (χ0n) is 18.1. The molecule has 0 atom stereocenters. The Morgan fingerprint density at radius 1 is 1.06 bits per heavy atom. The van der Waals surface area contributed by atoms with Crippen molar-refractivity contribution in [2.45, 2.75) is 33.5 Å². The molecule has 2 aromatic carbocycles. The van der Waals surface area contributed by atoms with E-state index in [1.807, 2.05) is 30.0 Å². The van der Waals surface area contributed by atoms with Gasteiger partial charge in [0.05, 0.1) is 0 Å². The lowest BCUT2D eigenvalue weighted by molar-refractivity contribution is 0.0628. The summed E-state index contributed by atoms with van der Waals surface area (Å²) < 4.78 is 7.51. The van der Waals surface area contributed by atoms with Crippen LogP contribution in [0, 0.1) is 6.92 Å². The zero-order valence-corrected chi connectivity index (χ0v) is 18.1. The Balaban J connectivity index is 1.31. The lowest BCUT2D eigenvalue weighted by Crippen LogP contribution is -2.48. The minimum atomic E-state index is 0.0406. The molecule has 0 N–H and O–H groups in total. The smallest absolute Gasteiger partial charge is 0.254 e. The number of piperazine rings is 1. The number of amides is 1. The van der Waals surface area contributed by atoms with Gasteiger partial charge >= 0.3 is 0 Å². The van der Waals surface area contributed by atoms with Crippen LogP contribution in [-0.2, 0) is 19.7 Å². The van der Waals surface area contributed by atoms with Crippen LogP contribution in [0.4, 0.5) is 0 Å². The second kappa shape index (κ2) is 9.70. The Kier molecular flexibility index (Phi) is 6.57. The van der Waals surface area contributed by atoms with Gasteiger partial charge in [0.25, 0.3) is 5.91 Å². The molecular formula is C23H28N6O2. The summed E-state index contributed by atoms with van der Waals surface area (Å²) in [4.78, 5) is 17.3. The monoisotopic (exact) mass is 420 g/mol. The fourth-order valence-corrected chi connectivity index (χ4v) is 3.68. The number of aryl methyl sites for hydroxylation is 2. The highest BCUT2D eigenvalue weighted by Gasteiger charge is 2.22. The summed E-state index contributed by atoms with van der Waals surface area (Å²) in [6, 6.07) is 16.0. The van der Waals surface area contributed by atoms with E-state index in [1.165, 1.54) is 11.1 Å². The van der Waals surface area contributed by atoms with Crippen molar-refractivity contribution >= 4 is 5.91 Å². The molecule has 0 bridgehead atoms. The summed E-state index contributed by atoms with van der Waals surface area (Å²) in [5.74, 6) is 1.33. The van der Waals surface area contributed by atoms with E-state index < -0.39 is 0 Å². The van der Waals surface area contributed by atoms with Gasteiger partial charge < -0.3 is 9.64 Å². The van der Waals surface area contributed by atoms with Crippen LogP contribution in [0.25, 0.3) is 0 Å². The first-order valence-electron chi connectivity index (χ1n) is 10.7. The third-order valence-electron chi connectivity index (χ3n) is 5.54. The normalized spacial score (nSPS) is 14.6. The summed E-state index contributed by atoms with van der Waals surface area (Å²) in [5.41, 5.74) is 3.22. The summed E-state index contributed by atoms with van der Waals surface area (Å²) in [5, 5.41) is 11.5. The van der Waals surface area contributed by atoms with Crippen molar-refractivity contribution in [3.05, 3.63) is 71.0 Å². The first kappa shape index (κ1) is 21.0. The summed E-state index contributed by atoms with van der Waals surface area (Å²) in [6.45, 7) is 9.12. The zero-order chi connectivity index (χ0) is 21.6. The van der Waals surface area contributed by atoms with Crippen LogP contribution in [0.2, 0.25) is 0 Å². The van der Waals surface area contributed by atoms with E-state index in [4.69, 9.17) is 4.74 Å². The predicted molar refractivity (Wildman–Crippen MR) is 117 cm³/mol. The van der Waals surface area contributed by atoms with Crippen LogP contribution in [0.3, 0.4) is 0 Å². The third-order valence-corrected chi connectivity index (χ3v) is 5.54. The second-order valence-electron chi connectivity index (χ2n) is 7.78. The SMILES string of the molecule is CCn1nnnc1COc1cccc(C(=O)N2CCN(Cc3ccc(C)cc3)CC2)c1. The Hall–Kier alpha value is -3.26. The highest BCUT2D eigenvalue weighted by molar-refractivity contribution is 5.94. The van der Waals surface area contributed by atoms with Crippen LogP contribution in [-0.4, -0.2) is 62.1 Å². The maximum atomic E-state index is 13.0. The summed E-state index contributed by atoms with van der Waals surface area (Å²) in [6.07, 6.45) is 0. The van der Waals surface area contributed by atoms with Crippen LogP contribution in [0.5, 0.6) is 5.75 Å². The first-order valence-corrected chi connectivity index (χ1v) is 10.7. The van der Waals surface area contributed by atoms with E-state index in [-0.39, 0.29) is 12.5 Å². The number of rotatable bonds is 7. The molecule has 0 radical (unpaired) electrons. The molecule has 8 heteroatoms. The number of hydrogen-bond donors (Lipinski definition) is 0. The van der Waals surface area contributed by atoms with E-state index in [2.05, 4.69) is 51.6 Å². The van der Waals surface area contributed by atoms with Gasteiger partial charge in [0, 0.05) is 44.8 Å². The first-order chi connectivity index (χ1) is 15.1. The van der Waals surface area contributed by atoms with Crippen LogP contribution >= 0.6 is 0 Å². The Bertz CT molecular complexity index is 1010. The van der Waals surface area contributed by atoms with Crippen molar-refractivity contribution in [3.63, 3.8) is 0 Å². The number of nitrogens with zero attached hydrogens (tertiary/aromatic N) is 6. The maximum absolute atomic E-state index is 13.0. The van der Waals surface area contributed by atoms with E-state index >= 15 is 0 Å². The molecule has 0 spiro atoms. The molecule has 1 saturated heterocycles. The molecule has 1 fully saturated rings. The summed E-state index contributed by atoms with van der Waals surface area (Å²) in [7, 11) is 0. The minimum absolute atomic E-state index is 0.0406. The quantitative estimate of drug-likeness (QED) is 0.585. The van der Waals surface area contributed by atoms with Gasteiger partial charge in [-0.2, -0.15) is 0 Å². The Morgan fingerprint density at radius 3 is 2.58 bits per heavy atom. The van der Waals surface area contributed by atoms with Crippen molar-refractivity contribution < 1.29 is 9.53 Å².